The number of nitrogens with one attached hydrogen (secondary N) is 1. The summed E-state index contributed by atoms with van der Waals surface area (Å²) in [6.45, 7) is 3.15. The highest BCUT2D eigenvalue weighted by Gasteiger charge is 2.73. The molecule has 0 saturated heterocycles. The third kappa shape index (κ3) is 5.95. The molecule has 3 unspecified atom stereocenters. The standard InChI is InChI=1S/C14H19N5O3.C13H17N5O3.C12H14BrN5O3/c1-6-17-12(15-2)8-13(18-6)19(5-16-8)9-7-3-14(7,4-20)11(22)10(9)21;1-5-16-11(14)7-12(17-5)18(4-15-7)8-6-2-13(6,3-19)10(21)9(8)20;13-11-16-9(14)5-10(17-11)18(3-15-5)6-4-1-12(4,2-19)8(21)7(6)20/h5,7,9-11,20-22H,3-4H2,1-2H3,(H,15,17,18);4,6,8-10,19-21H,2-3H2,1H3,(H2,14,16,17);3-4,6-8,19-21H,1-2H2,(H2,14,16,17)/t7-,9-,10-,11?,14+;6-,8-,9-,10?,13+;4-,6-,7-,8?,12+/m111/s1. The van der Waals surface area contributed by atoms with Crippen molar-refractivity contribution in [2.45, 2.75) is 87.9 Å². The Morgan fingerprint density at radius 2 is 0.938 bits per heavy atom. The van der Waals surface area contributed by atoms with Crippen LogP contribution in [0.5, 0.6) is 0 Å². The number of rotatable bonds is 7. The van der Waals surface area contributed by atoms with Gasteiger partial charge in [0.1, 0.15) is 46.5 Å². The van der Waals surface area contributed by atoms with Gasteiger partial charge in [-0.05, 0) is 66.8 Å². The number of aliphatic hydroxyl groups excluding tert-OH is 9. The summed E-state index contributed by atoms with van der Waals surface area (Å²) < 4.78 is 5.63. The zero-order valence-electron chi connectivity index (χ0n) is 34.8. The van der Waals surface area contributed by atoms with E-state index in [0.29, 0.717) is 80.8 Å². The largest absolute Gasteiger partial charge is 0.396 e. The van der Waals surface area contributed by atoms with Gasteiger partial charge in [0.05, 0.1) is 75.2 Å². The fraction of sp³-hybridized carbons (Fsp3) is 0.615. The number of nitrogens with two attached hydrogens (primary N) is 2. The highest BCUT2D eigenvalue weighted by atomic mass is 79.9. The smallest absolute Gasteiger partial charge is 0.200 e. The Labute approximate surface area is 371 Å². The molecule has 0 bridgehead atoms. The molecule has 6 aliphatic rings. The number of hydrogen-bond donors (Lipinski definition) is 12. The normalized spacial score (nSPS) is 37.5. The van der Waals surface area contributed by atoms with E-state index in [4.69, 9.17) is 11.5 Å². The summed E-state index contributed by atoms with van der Waals surface area (Å²) in [6, 6.07) is -1.06. The molecule has 0 spiro atoms. The predicted octanol–water partition coefficient (Wildman–Crippen LogP) is -2.11. The van der Waals surface area contributed by atoms with Gasteiger partial charge in [0.25, 0.3) is 0 Å². The molecule has 12 rings (SSSR count). The van der Waals surface area contributed by atoms with E-state index in [-0.39, 0.29) is 61.5 Å². The van der Waals surface area contributed by atoms with Crippen molar-refractivity contribution in [3.63, 3.8) is 0 Å². The van der Waals surface area contributed by atoms with Crippen LogP contribution in [0.4, 0.5) is 17.5 Å². The Morgan fingerprint density at radius 3 is 1.33 bits per heavy atom. The summed E-state index contributed by atoms with van der Waals surface area (Å²) in [5.41, 5.74) is 13.2. The van der Waals surface area contributed by atoms with Gasteiger partial charge in [-0.15, -0.1) is 0 Å². The number of halogens is 1. The molecule has 0 radical (unpaired) electrons. The van der Waals surface area contributed by atoms with E-state index in [1.807, 2.05) is 4.57 Å². The lowest BCUT2D eigenvalue weighted by Crippen LogP contribution is -2.35. The molecule has 6 saturated carbocycles. The maximum Gasteiger partial charge on any atom is 0.200 e. The molecule has 64 heavy (non-hydrogen) atoms. The molecule has 0 aromatic carbocycles. The van der Waals surface area contributed by atoms with Crippen LogP contribution < -0.4 is 16.8 Å². The lowest BCUT2D eigenvalue weighted by Gasteiger charge is -2.23. The number of imidazole rings is 3. The van der Waals surface area contributed by atoms with Gasteiger partial charge in [-0.2, -0.15) is 0 Å². The molecular weight excluding hydrogens is 902 g/mol. The molecule has 0 amide bonds. The molecule has 24 nitrogen and oxygen atoms in total. The van der Waals surface area contributed by atoms with E-state index in [2.05, 4.69) is 66.1 Å². The monoisotopic (exact) mass is 951 g/mol. The lowest BCUT2D eigenvalue weighted by atomic mass is 10.0. The van der Waals surface area contributed by atoms with Crippen LogP contribution in [0.2, 0.25) is 0 Å². The Hall–Kier alpha value is -4.83. The minimum absolute atomic E-state index is 0.000125. The maximum absolute atomic E-state index is 10.4. The van der Waals surface area contributed by atoms with Crippen LogP contribution in [0, 0.1) is 47.8 Å². The van der Waals surface area contributed by atoms with Crippen molar-refractivity contribution in [3.8, 4) is 0 Å². The van der Waals surface area contributed by atoms with Crippen LogP contribution in [0.1, 0.15) is 49.0 Å². The first-order valence-corrected chi connectivity index (χ1v) is 21.7. The van der Waals surface area contributed by atoms with Crippen LogP contribution in [0.25, 0.3) is 33.5 Å². The zero-order chi connectivity index (χ0) is 45.5. The van der Waals surface area contributed by atoms with Crippen LogP contribution in [-0.4, -0.2) is 168 Å². The molecule has 6 aromatic rings. The number of aryl methyl sites for hydroxylation is 2. The molecule has 6 heterocycles. The lowest BCUT2D eigenvalue weighted by molar-refractivity contribution is -0.0301. The highest BCUT2D eigenvalue weighted by molar-refractivity contribution is 9.10. The Morgan fingerprint density at radius 1 is 0.578 bits per heavy atom. The fourth-order valence-electron chi connectivity index (χ4n) is 11.5. The first-order valence-electron chi connectivity index (χ1n) is 20.9. The second-order valence-corrected chi connectivity index (χ2v) is 19.0. The second kappa shape index (κ2) is 14.8. The van der Waals surface area contributed by atoms with Gasteiger partial charge < -0.3 is 76.4 Å². The molecule has 6 aromatic heterocycles. The van der Waals surface area contributed by atoms with Crippen LogP contribution in [0.3, 0.4) is 0 Å². The van der Waals surface area contributed by atoms with Crippen molar-refractivity contribution in [1.82, 2.24) is 58.6 Å². The minimum Gasteiger partial charge on any atom is -0.396 e. The van der Waals surface area contributed by atoms with E-state index < -0.39 is 52.9 Å². The van der Waals surface area contributed by atoms with E-state index in [1.54, 1.807) is 49.0 Å². The maximum atomic E-state index is 10.4. The van der Waals surface area contributed by atoms with Gasteiger partial charge in [-0.1, -0.05) is 0 Å². The summed E-state index contributed by atoms with van der Waals surface area (Å²) in [5.74, 6) is 2.37. The Kier molecular flexibility index (Phi) is 9.99. The average molecular weight is 953 g/mol. The summed E-state index contributed by atoms with van der Waals surface area (Å²) in [6.07, 6.45) is 1.16. The molecule has 25 heteroatoms. The van der Waals surface area contributed by atoms with E-state index in [1.165, 1.54) is 0 Å². The highest BCUT2D eigenvalue weighted by Crippen LogP contribution is 2.69. The zero-order valence-corrected chi connectivity index (χ0v) is 36.4. The minimum atomic E-state index is -0.969. The van der Waals surface area contributed by atoms with Gasteiger partial charge in [-0.3, -0.25) is 0 Å². The van der Waals surface area contributed by atoms with Gasteiger partial charge in [0.2, 0.25) is 4.73 Å². The van der Waals surface area contributed by atoms with Gasteiger partial charge in [0.15, 0.2) is 34.4 Å². The number of nitrogen functional groups attached to an aromatic ring is 2. The number of fused-ring (bicyclic) bond motifs is 6. The summed E-state index contributed by atoms with van der Waals surface area (Å²) in [4.78, 5) is 38.2. The molecule has 14 N–H and O–H groups in total. The first-order chi connectivity index (χ1) is 30.5. The number of hydrogen-bond acceptors (Lipinski definition) is 21. The summed E-state index contributed by atoms with van der Waals surface area (Å²) in [7, 11) is 1.77. The molecule has 342 valence electrons. The van der Waals surface area contributed by atoms with Crippen molar-refractivity contribution in [2.24, 2.45) is 34.0 Å². The molecule has 15 atom stereocenters. The number of nitrogens with zero attached hydrogens (tertiary/aromatic N) is 12. The van der Waals surface area contributed by atoms with Crippen molar-refractivity contribution in [1.29, 1.82) is 0 Å². The Bertz CT molecular complexity index is 2690. The van der Waals surface area contributed by atoms with Gasteiger partial charge >= 0.3 is 0 Å². The molecule has 0 aliphatic heterocycles. The quantitative estimate of drug-likeness (QED) is 0.0762. The van der Waals surface area contributed by atoms with Crippen LogP contribution in [-0.2, 0) is 0 Å². The molecule has 6 fully saturated rings. The Balaban J connectivity index is 0.000000114. The summed E-state index contributed by atoms with van der Waals surface area (Å²) >= 11 is 3.19. The second-order valence-electron chi connectivity index (χ2n) is 18.3. The topological polar surface area (TPSA) is 377 Å². The van der Waals surface area contributed by atoms with Crippen LogP contribution in [0.15, 0.2) is 23.7 Å². The number of aliphatic hydroxyl groups is 9. The van der Waals surface area contributed by atoms with Crippen molar-refractivity contribution >= 4 is 66.9 Å². The first kappa shape index (κ1) is 43.1. The number of aromatic nitrogens is 12. The molecule has 6 aliphatic carbocycles. The van der Waals surface area contributed by atoms with Crippen molar-refractivity contribution in [2.75, 3.05) is 43.7 Å². The number of anilines is 3. The van der Waals surface area contributed by atoms with E-state index >= 15 is 0 Å². The SMILES string of the molecule is CNc1nc(C)nc2c1ncn2[C@@H]1[C@H]2C[C@@]2(CO)C(O)[C@@H]1O.Cc1nc(N)c2ncn([C@@H]3[C@H]4C[C@@]4(CO)C(O)[C@@H]3O)c2n1.Nc1nc(Br)nc2c1ncn2[C@@H]1[C@H]2C[C@@]2(CO)C(O)[C@@H]1O. The van der Waals surface area contributed by atoms with Gasteiger partial charge in [0, 0.05) is 23.3 Å². The average Bonchev–Trinajstić information content (AvgIpc) is 4.14. The van der Waals surface area contributed by atoms with Crippen molar-refractivity contribution in [3.05, 3.63) is 35.4 Å². The van der Waals surface area contributed by atoms with E-state index in [0.717, 1.165) is 0 Å². The fourth-order valence-corrected chi connectivity index (χ4v) is 11.8. The van der Waals surface area contributed by atoms with Crippen LogP contribution >= 0.6 is 15.9 Å². The third-order valence-electron chi connectivity index (χ3n) is 15.2. The summed E-state index contributed by atoms with van der Waals surface area (Å²) in [5, 5.41) is 93.4. The van der Waals surface area contributed by atoms with Crippen molar-refractivity contribution < 1.29 is 46.0 Å². The third-order valence-corrected chi connectivity index (χ3v) is 15.5. The van der Waals surface area contributed by atoms with E-state index in [9.17, 15) is 46.0 Å². The predicted molar refractivity (Wildman–Crippen MR) is 228 cm³/mol. The molecular formula is C39H50BrN15O9. The van der Waals surface area contributed by atoms with Gasteiger partial charge in [-0.25, -0.2) is 44.9 Å².